The molecule has 0 unspecified atom stereocenters. The van der Waals surface area contributed by atoms with Crippen LogP contribution in [-0.2, 0) is 9.53 Å². The summed E-state index contributed by atoms with van der Waals surface area (Å²) in [5.41, 5.74) is 0. The Kier molecular flexibility index (Phi) is 23.3. The first kappa shape index (κ1) is 28.5. The minimum atomic E-state index is -0.0102. The van der Waals surface area contributed by atoms with E-state index in [4.69, 9.17) is 4.74 Å². The molecule has 0 aromatic heterocycles. The summed E-state index contributed by atoms with van der Waals surface area (Å²) in [4.78, 5) is 11.4. The largest absolute Gasteiger partial charge is 0.466 e. The average Bonchev–Trinajstić information content (AvgIpc) is 2.70. The van der Waals surface area contributed by atoms with Crippen molar-refractivity contribution in [2.75, 3.05) is 6.61 Å². The summed E-state index contributed by atoms with van der Waals surface area (Å²) in [6.45, 7) is 7.28. The van der Waals surface area contributed by atoms with Crippen LogP contribution in [0.25, 0.3) is 0 Å². The lowest BCUT2D eigenvalue weighted by molar-refractivity contribution is -0.143. The fraction of sp³-hybridized carbons (Fsp3) is 0.963. The first-order valence-electron chi connectivity index (χ1n) is 13.3. The summed E-state index contributed by atoms with van der Waals surface area (Å²) in [6, 6.07) is 0. The second kappa shape index (κ2) is 23.7. The van der Waals surface area contributed by atoms with Crippen LogP contribution >= 0.6 is 0 Å². The zero-order valence-corrected chi connectivity index (χ0v) is 20.5. The van der Waals surface area contributed by atoms with Crippen molar-refractivity contribution in [2.45, 2.75) is 156 Å². The lowest BCUT2D eigenvalue weighted by Crippen LogP contribution is -2.04. The third kappa shape index (κ3) is 25.4. The van der Waals surface area contributed by atoms with E-state index in [0.29, 0.717) is 13.0 Å². The zero-order valence-electron chi connectivity index (χ0n) is 20.5. The molecule has 0 atom stereocenters. The first-order chi connectivity index (χ1) is 14.2. The molecular weight excluding hydrogens is 356 g/mol. The summed E-state index contributed by atoms with van der Waals surface area (Å²) >= 11 is 0. The predicted molar refractivity (Wildman–Crippen MR) is 128 cm³/mol. The van der Waals surface area contributed by atoms with Gasteiger partial charge in [-0.05, 0) is 18.8 Å². The van der Waals surface area contributed by atoms with E-state index in [1.54, 1.807) is 0 Å². The zero-order chi connectivity index (χ0) is 21.4. The van der Waals surface area contributed by atoms with Crippen LogP contribution in [0.3, 0.4) is 0 Å². The fourth-order valence-electron chi connectivity index (χ4n) is 3.94. The topological polar surface area (TPSA) is 26.3 Å². The van der Waals surface area contributed by atoms with Gasteiger partial charge in [0, 0.05) is 6.42 Å². The summed E-state index contributed by atoms with van der Waals surface area (Å²) in [6.07, 6.45) is 27.9. The molecule has 0 saturated carbocycles. The molecule has 0 amide bonds. The molecule has 0 aliphatic rings. The second-order valence-electron chi connectivity index (χ2n) is 9.52. The van der Waals surface area contributed by atoms with Gasteiger partial charge in [-0.3, -0.25) is 4.79 Å². The van der Waals surface area contributed by atoms with Gasteiger partial charge in [0.25, 0.3) is 0 Å². The quantitative estimate of drug-likeness (QED) is 0.124. The van der Waals surface area contributed by atoms with E-state index in [1.807, 2.05) is 6.92 Å². The van der Waals surface area contributed by atoms with Crippen LogP contribution in [0.1, 0.15) is 156 Å². The Bertz CT molecular complexity index is 324. The van der Waals surface area contributed by atoms with Crippen molar-refractivity contribution in [3.63, 3.8) is 0 Å². The van der Waals surface area contributed by atoms with E-state index in [2.05, 4.69) is 13.8 Å². The van der Waals surface area contributed by atoms with E-state index >= 15 is 0 Å². The van der Waals surface area contributed by atoms with Crippen molar-refractivity contribution in [2.24, 2.45) is 5.92 Å². The highest BCUT2D eigenvalue weighted by atomic mass is 16.5. The smallest absolute Gasteiger partial charge is 0.305 e. The van der Waals surface area contributed by atoms with Crippen LogP contribution in [0, 0.1) is 5.92 Å². The highest BCUT2D eigenvalue weighted by Gasteiger charge is 2.01. The van der Waals surface area contributed by atoms with Crippen molar-refractivity contribution in [1.82, 2.24) is 0 Å². The minimum absolute atomic E-state index is 0.0102. The fourth-order valence-corrected chi connectivity index (χ4v) is 3.94. The lowest BCUT2D eigenvalue weighted by Gasteiger charge is -2.05. The molecule has 0 aliphatic carbocycles. The van der Waals surface area contributed by atoms with Gasteiger partial charge in [0.05, 0.1) is 6.61 Å². The maximum absolute atomic E-state index is 11.4. The van der Waals surface area contributed by atoms with Crippen LogP contribution < -0.4 is 0 Å². The van der Waals surface area contributed by atoms with E-state index in [1.165, 1.54) is 116 Å². The molecule has 0 N–H and O–H groups in total. The molecule has 2 nitrogen and oxygen atoms in total. The summed E-state index contributed by atoms with van der Waals surface area (Å²) in [5, 5.41) is 0. The first-order valence-corrected chi connectivity index (χ1v) is 13.3. The number of esters is 1. The van der Waals surface area contributed by atoms with Crippen molar-refractivity contribution in [3.8, 4) is 0 Å². The van der Waals surface area contributed by atoms with E-state index in [0.717, 1.165) is 18.8 Å². The Morgan fingerprint density at radius 1 is 0.586 bits per heavy atom. The number of hydrogen-bond donors (Lipinski definition) is 0. The molecule has 2 heteroatoms. The Morgan fingerprint density at radius 3 is 1.28 bits per heavy atom. The van der Waals surface area contributed by atoms with Gasteiger partial charge in [-0.15, -0.1) is 0 Å². The molecule has 0 heterocycles. The maximum Gasteiger partial charge on any atom is 0.305 e. The summed E-state index contributed by atoms with van der Waals surface area (Å²) < 4.78 is 5.10. The van der Waals surface area contributed by atoms with Gasteiger partial charge in [-0.25, -0.2) is 0 Å². The molecule has 0 bridgehead atoms. The van der Waals surface area contributed by atoms with Crippen LogP contribution in [0.2, 0.25) is 0 Å². The van der Waals surface area contributed by atoms with Crippen molar-refractivity contribution in [1.29, 1.82) is 0 Å². The molecule has 174 valence electrons. The average molecular weight is 411 g/mol. The number of unbranched alkanes of at least 4 members (excludes halogenated alkanes) is 17. The second-order valence-corrected chi connectivity index (χ2v) is 9.52. The molecule has 0 spiro atoms. The number of carbonyl (C=O) groups is 1. The van der Waals surface area contributed by atoms with Crippen LogP contribution in [-0.4, -0.2) is 12.6 Å². The van der Waals surface area contributed by atoms with Gasteiger partial charge in [0.15, 0.2) is 0 Å². The van der Waals surface area contributed by atoms with Gasteiger partial charge in [0.1, 0.15) is 0 Å². The van der Waals surface area contributed by atoms with Crippen LogP contribution in [0.4, 0.5) is 0 Å². The van der Waals surface area contributed by atoms with Gasteiger partial charge >= 0.3 is 5.97 Å². The number of hydrogen-bond acceptors (Lipinski definition) is 2. The lowest BCUT2D eigenvalue weighted by atomic mass is 10.0. The predicted octanol–water partition coefficient (Wildman–Crippen LogP) is 9.40. The van der Waals surface area contributed by atoms with E-state index in [-0.39, 0.29) is 5.97 Å². The number of carbonyl (C=O) groups excluding carboxylic acids is 1. The molecule has 0 aromatic carbocycles. The maximum atomic E-state index is 11.4. The highest BCUT2D eigenvalue weighted by Crippen LogP contribution is 2.15. The van der Waals surface area contributed by atoms with Crippen molar-refractivity contribution in [3.05, 3.63) is 0 Å². The van der Waals surface area contributed by atoms with Crippen LogP contribution in [0.15, 0.2) is 0 Å². The van der Waals surface area contributed by atoms with Gasteiger partial charge < -0.3 is 4.74 Å². The number of rotatable bonds is 23. The monoisotopic (exact) mass is 410 g/mol. The minimum Gasteiger partial charge on any atom is -0.466 e. The molecule has 0 aromatic rings. The van der Waals surface area contributed by atoms with E-state index in [9.17, 15) is 4.79 Å². The van der Waals surface area contributed by atoms with Gasteiger partial charge in [0.2, 0.25) is 0 Å². The molecular formula is C27H54O2. The van der Waals surface area contributed by atoms with Crippen molar-refractivity contribution < 1.29 is 9.53 Å². The molecule has 0 aliphatic heterocycles. The highest BCUT2D eigenvalue weighted by molar-refractivity contribution is 5.69. The summed E-state index contributed by atoms with van der Waals surface area (Å²) in [5.74, 6) is 0.873. The molecule has 0 saturated heterocycles. The molecule has 0 radical (unpaired) electrons. The van der Waals surface area contributed by atoms with Gasteiger partial charge in [-0.2, -0.15) is 0 Å². The standard InChI is InChI=1S/C27H54O2/c1-4-25-29-27(28)24-22-20-18-16-14-12-10-8-6-5-7-9-11-13-15-17-19-21-23-26(2)3/h26H,4-25H2,1-3H3. The normalized spacial score (nSPS) is 11.3. The Labute approximate surface area is 184 Å². The molecule has 0 rings (SSSR count). The third-order valence-corrected chi connectivity index (χ3v) is 5.88. The SMILES string of the molecule is CCCOC(=O)CCCCCCCCCCCCCCCCCCCCC(C)C. The van der Waals surface area contributed by atoms with Crippen molar-refractivity contribution >= 4 is 5.97 Å². The number of ether oxygens (including phenoxy) is 1. The molecule has 0 fully saturated rings. The van der Waals surface area contributed by atoms with Gasteiger partial charge in [-0.1, -0.05) is 136 Å². The Hall–Kier alpha value is -0.530. The van der Waals surface area contributed by atoms with Crippen LogP contribution in [0.5, 0.6) is 0 Å². The third-order valence-electron chi connectivity index (χ3n) is 5.88. The Morgan fingerprint density at radius 2 is 0.931 bits per heavy atom. The Balaban J connectivity index is 3.06. The van der Waals surface area contributed by atoms with E-state index < -0.39 is 0 Å². The molecule has 29 heavy (non-hydrogen) atoms. The summed E-state index contributed by atoms with van der Waals surface area (Å²) in [7, 11) is 0.